The largest absolute Gasteiger partial charge is 0.480 e. The number of carboxylic acids is 1. The normalized spacial score (nSPS) is 15.8. The number of nitrogens with zero attached hydrogens (tertiary/aromatic N) is 4. The summed E-state index contributed by atoms with van der Waals surface area (Å²) in [5, 5.41) is 8.75. The number of hydrazine groups is 1. The van der Waals surface area contributed by atoms with Crippen LogP contribution in [0.2, 0.25) is 0 Å². The summed E-state index contributed by atoms with van der Waals surface area (Å²) >= 11 is 0.867. The molecular formula is C9H14N6O5S2. The monoisotopic (exact) mass is 350 g/mol. The van der Waals surface area contributed by atoms with Crippen LogP contribution < -0.4 is 16.8 Å². The van der Waals surface area contributed by atoms with Gasteiger partial charge in [0, 0.05) is 5.75 Å². The first-order valence-electron chi connectivity index (χ1n) is 5.90. The Hall–Kier alpha value is -1.99. The van der Waals surface area contributed by atoms with Crippen LogP contribution in [0.5, 0.6) is 0 Å². The number of rotatable bonds is 5. The van der Waals surface area contributed by atoms with Crippen molar-refractivity contribution < 1.29 is 18.3 Å². The number of carbonyl (C=O) groups is 1. The first-order chi connectivity index (χ1) is 10.1. The molecule has 1 atom stereocenters. The highest BCUT2D eigenvalue weighted by atomic mass is 32.2. The van der Waals surface area contributed by atoms with Crippen molar-refractivity contribution in [2.24, 2.45) is 5.73 Å². The molecule has 13 heteroatoms. The number of anilines is 1. The summed E-state index contributed by atoms with van der Waals surface area (Å²) in [6.07, 6.45) is 2.27. The van der Waals surface area contributed by atoms with Crippen LogP contribution in [0.4, 0.5) is 5.95 Å². The van der Waals surface area contributed by atoms with Crippen molar-refractivity contribution in [3.63, 3.8) is 0 Å². The van der Waals surface area contributed by atoms with E-state index in [2.05, 4.69) is 10.4 Å². The standard InChI is InChI=1S/C9H14N6O5S2/c1-5-3-13(22(2,19)20)12-8-11-9(18)15(14(5)8)21-4-6(10)7(16)17/h3,6H,4,10H2,1-2H3,(H,16,17)(H,11,12,18). The number of hydrogen-bond donors (Lipinski definition) is 3. The topological polar surface area (TPSA) is 153 Å². The summed E-state index contributed by atoms with van der Waals surface area (Å²) in [5.41, 5.74) is 7.60. The molecule has 0 saturated heterocycles. The van der Waals surface area contributed by atoms with Crippen molar-refractivity contribution in [2.45, 2.75) is 13.0 Å². The molecule has 0 spiro atoms. The van der Waals surface area contributed by atoms with E-state index in [0.717, 1.165) is 26.7 Å². The zero-order valence-electron chi connectivity index (χ0n) is 11.6. The van der Waals surface area contributed by atoms with Crippen LogP contribution in [0.25, 0.3) is 5.70 Å². The predicted octanol–water partition coefficient (Wildman–Crippen LogP) is -1.63. The van der Waals surface area contributed by atoms with Crippen molar-refractivity contribution >= 4 is 39.6 Å². The minimum absolute atomic E-state index is 0.00632. The van der Waals surface area contributed by atoms with Gasteiger partial charge in [-0.05, 0) is 18.9 Å². The van der Waals surface area contributed by atoms with Gasteiger partial charge in [0.1, 0.15) is 6.04 Å². The van der Waals surface area contributed by atoms with Crippen molar-refractivity contribution in [1.82, 2.24) is 18.2 Å². The number of aliphatic carboxylic acids is 1. The molecule has 0 aromatic carbocycles. The van der Waals surface area contributed by atoms with E-state index < -0.39 is 27.7 Å². The number of sulfonamides is 1. The number of nitrogens with one attached hydrogen (secondary N) is 1. The maximum atomic E-state index is 11.9. The lowest BCUT2D eigenvalue weighted by Crippen LogP contribution is -2.36. The molecule has 0 saturated carbocycles. The molecule has 122 valence electrons. The van der Waals surface area contributed by atoms with Crippen molar-refractivity contribution in [3.8, 4) is 0 Å². The van der Waals surface area contributed by atoms with Gasteiger partial charge in [-0.1, -0.05) is 0 Å². The molecule has 0 bridgehead atoms. The van der Waals surface area contributed by atoms with Gasteiger partial charge in [0.05, 0.1) is 18.2 Å². The fraction of sp³-hybridized carbons (Fsp3) is 0.444. The van der Waals surface area contributed by atoms with Crippen LogP contribution in [-0.2, 0) is 14.8 Å². The Morgan fingerprint density at radius 3 is 2.77 bits per heavy atom. The number of hydrogen-bond acceptors (Lipinski definition) is 8. The lowest BCUT2D eigenvalue weighted by Gasteiger charge is -2.26. The van der Waals surface area contributed by atoms with Crippen LogP contribution in [-0.4, -0.2) is 55.7 Å². The third-order valence-corrected chi connectivity index (χ3v) is 4.63. The fourth-order valence-electron chi connectivity index (χ4n) is 1.60. The molecule has 0 fully saturated rings. The molecule has 0 radical (unpaired) electrons. The molecule has 2 heterocycles. The molecular weight excluding hydrogens is 336 g/mol. The zero-order valence-corrected chi connectivity index (χ0v) is 13.3. The molecule has 4 N–H and O–H groups in total. The second kappa shape index (κ2) is 5.66. The predicted molar refractivity (Wildman–Crippen MR) is 80.2 cm³/mol. The molecule has 2 rings (SSSR count). The van der Waals surface area contributed by atoms with E-state index in [9.17, 15) is 18.0 Å². The molecule has 1 aromatic heterocycles. The van der Waals surface area contributed by atoms with Gasteiger partial charge in [0.25, 0.3) is 0 Å². The number of carboxylic acid groups (broad SMARTS) is 1. The molecule has 0 aliphatic carbocycles. The maximum Gasteiger partial charge on any atom is 0.376 e. The highest BCUT2D eigenvalue weighted by molar-refractivity contribution is 7.97. The van der Waals surface area contributed by atoms with Crippen molar-refractivity contribution in [3.05, 3.63) is 16.7 Å². The quantitative estimate of drug-likeness (QED) is 0.568. The second-order valence-electron chi connectivity index (χ2n) is 4.48. The fourth-order valence-corrected chi connectivity index (χ4v) is 3.11. The minimum Gasteiger partial charge on any atom is -0.480 e. The summed E-state index contributed by atoms with van der Waals surface area (Å²) in [4.78, 5) is 26.3. The SMILES string of the molecule is CC1=CN(S(C)(=O)=O)Nc2nc(=O)n(SCC(N)C(=O)O)n21. The summed E-state index contributed by atoms with van der Waals surface area (Å²) in [7, 11) is -3.57. The highest BCUT2D eigenvalue weighted by Gasteiger charge is 2.26. The zero-order chi connectivity index (χ0) is 16.7. The number of allylic oxidation sites excluding steroid dienone is 1. The Bertz CT molecular complexity index is 794. The van der Waals surface area contributed by atoms with Crippen LogP contribution in [0.3, 0.4) is 0 Å². The van der Waals surface area contributed by atoms with E-state index in [0.29, 0.717) is 5.70 Å². The van der Waals surface area contributed by atoms with Gasteiger partial charge < -0.3 is 10.8 Å². The van der Waals surface area contributed by atoms with Crippen LogP contribution >= 0.6 is 11.9 Å². The van der Waals surface area contributed by atoms with E-state index >= 15 is 0 Å². The smallest absolute Gasteiger partial charge is 0.376 e. The van der Waals surface area contributed by atoms with Gasteiger partial charge in [0.15, 0.2) is 0 Å². The van der Waals surface area contributed by atoms with E-state index in [1.165, 1.54) is 10.9 Å². The van der Waals surface area contributed by atoms with Gasteiger partial charge in [-0.3, -0.25) is 10.2 Å². The number of aromatic nitrogens is 3. The first-order valence-corrected chi connectivity index (χ1v) is 8.69. The Labute approximate surface area is 129 Å². The number of nitrogens with two attached hydrogens (primary N) is 1. The molecule has 1 aromatic rings. The average Bonchev–Trinajstić information content (AvgIpc) is 2.71. The Balaban J connectivity index is 2.34. The summed E-state index contributed by atoms with van der Waals surface area (Å²) in [6.45, 7) is 1.58. The summed E-state index contributed by atoms with van der Waals surface area (Å²) in [6, 6.07) is -1.14. The molecule has 1 aliphatic heterocycles. The summed E-state index contributed by atoms with van der Waals surface area (Å²) < 4.78 is 26.3. The lowest BCUT2D eigenvalue weighted by atomic mass is 10.4. The molecule has 1 unspecified atom stereocenters. The number of fused-ring (bicyclic) bond motifs is 1. The Kier molecular flexibility index (Phi) is 4.21. The van der Waals surface area contributed by atoms with Crippen molar-refractivity contribution in [1.29, 1.82) is 0 Å². The van der Waals surface area contributed by atoms with Crippen LogP contribution in [0.1, 0.15) is 6.92 Å². The Morgan fingerprint density at radius 1 is 1.59 bits per heavy atom. The lowest BCUT2D eigenvalue weighted by molar-refractivity contribution is -0.137. The average molecular weight is 350 g/mol. The van der Waals surface area contributed by atoms with Gasteiger partial charge in [0.2, 0.25) is 16.0 Å². The van der Waals surface area contributed by atoms with E-state index in [1.807, 2.05) is 0 Å². The van der Waals surface area contributed by atoms with E-state index in [4.69, 9.17) is 10.8 Å². The van der Waals surface area contributed by atoms with Crippen LogP contribution in [0.15, 0.2) is 11.0 Å². The maximum absolute atomic E-state index is 11.9. The third-order valence-electron chi connectivity index (χ3n) is 2.65. The van der Waals surface area contributed by atoms with Crippen molar-refractivity contribution in [2.75, 3.05) is 17.4 Å². The molecule has 11 nitrogen and oxygen atoms in total. The first kappa shape index (κ1) is 16.4. The second-order valence-corrected chi connectivity index (χ2v) is 7.28. The minimum atomic E-state index is -3.57. The van der Waals surface area contributed by atoms with Gasteiger partial charge >= 0.3 is 11.7 Å². The summed E-state index contributed by atoms with van der Waals surface area (Å²) in [5.74, 6) is -1.23. The van der Waals surface area contributed by atoms with E-state index in [-0.39, 0.29) is 11.7 Å². The molecule has 1 aliphatic rings. The highest BCUT2D eigenvalue weighted by Crippen LogP contribution is 2.22. The van der Waals surface area contributed by atoms with Gasteiger partial charge in [-0.15, -0.1) is 0 Å². The molecule has 0 amide bonds. The molecule has 22 heavy (non-hydrogen) atoms. The third kappa shape index (κ3) is 3.10. The van der Waals surface area contributed by atoms with Gasteiger partial charge in [-0.25, -0.2) is 17.9 Å². The van der Waals surface area contributed by atoms with E-state index in [1.54, 1.807) is 6.92 Å². The Morgan fingerprint density at radius 2 is 2.23 bits per heavy atom. The van der Waals surface area contributed by atoms with Gasteiger partial charge in [-0.2, -0.15) is 13.5 Å². The van der Waals surface area contributed by atoms with Crippen LogP contribution in [0, 0.1) is 0 Å².